The molecule has 2 aromatic carbocycles. The molecule has 0 aliphatic heterocycles. The number of nitrogens with zero attached hydrogens (tertiary/aromatic N) is 1. The molecule has 0 atom stereocenters. The zero-order chi connectivity index (χ0) is 24.5. The number of hydrogen-bond acceptors (Lipinski definition) is 6. The van der Waals surface area contributed by atoms with Gasteiger partial charge in [-0.25, -0.2) is 9.37 Å². The Morgan fingerprint density at radius 1 is 1.00 bits per heavy atom. The molecule has 0 bridgehead atoms. The number of halogens is 1. The summed E-state index contributed by atoms with van der Waals surface area (Å²) in [6.45, 7) is 3.25. The summed E-state index contributed by atoms with van der Waals surface area (Å²) < 4.78 is 25.1. The van der Waals surface area contributed by atoms with Crippen LogP contribution in [0.1, 0.15) is 34.7 Å². The van der Waals surface area contributed by atoms with Crippen molar-refractivity contribution in [2.45, 2.75) is 19.4 Å². The molecule has 8 heteroatoms. The molecule has 4 aromatic rings. The Hall–Kier alpha value is -3.78. The van der Waals surface area contributed by atoms with Crippen LogP contribution in [0.2, 0.25) is 0 Å². The van der Waals surface area contributed by atoms with E-state index >= 15 is 0 Å². The van der Waals surface area contributed by atoms with Gasteiger partial charge in [0.1, 0.15) is 11.5 Å². The van der Waals surface area contributed by atoms with Crippen LogP contribution in [0.5, 0.6) is 11.5 Å². The Kier molecular flexibility index (Phi) is 6.34. The van der Waals surface area contributed by atoms with Crippen molar-refractivity contribution in [3.05, 3.63) is 77.1 Å². The molecule has 2 heterocycles. The number of ether oxygens (including phenoxy) is 2. The first-order valence-electron chi connectivity index (χ1n) is 10.5. The third-order valence-electron chi connectivity index (χ3n) is 5.45. The van der Waals surface area contributed by atoms with E-state index in [0.29, 0.717) is 27.5 Å². The summed E-state index contributed by atoms with van der Waals surface area (Å²) in [5.41, 5.74) is 0.600. The van der Waals surface area contributed by atoms with Gasteiger partial charge < -0.3 is 14.8 Å². The quantitative estimate of drug-likeness (QED) is 0.355. The van der Waals surface area contributed by atoms with E-state index in [0.717, 1.165) is 10.9 Å². The monoisotopic (exact) mass is 478 g/mol. The van der Waals surface area contributed by atoms with Crippen LogP contribution in [-0.2, 0) is 0 Å². The minimum absolute atomic E-state index is 0.200. The molecule has 1 N–H and O–H groups in total. The van der Waals surface area contributed by atoms with Gasteiger partial charge in [-0.2, -0.15) is 0 Å². The average molecular weight is 479 g/mol. The lowest BCUT2D eigenvalue weighted by molar-refractivity contribution is 0.0795. The van der Waals surface area contributed by atoms with Gasteiger partial charge in [0, 0.05) is 21.9 Å². The highest BCUT2D eigenvalue weighted by Gasteiger charge is 2.32. The number of aromatic nitrogens is 1. The zero-order valence-corrected chi connectivity index (χ0v) is 20.0. The molecule has 6 nitrogen and oxygen atoms in total. The molecule has 0 spiro atoms. The fourth-order valence-corrected chi connectivity index (χ4v) is 4.61. The smallest absolute Gasteiger partial charge is 0.252 e. The molecule has 0 unspecified atom stereocenters. The van der Waals surface area contributed by atoms with Crippen molar-refractivity contribution in [3.8, 4) is 22.8 Å². The Bertz CT molecular complexity index is 1400. The van der Waals surface area contributed by atoms with Crippen LogP contribution in [0.3, 0.4) is 0 Å². The van der Waals surface area contributed by atoms with Gasteiger partial charge >= 0.3 is 0 Å². The molecule has 0 fully saturated rings. The predicted molar refractivity (Wildman–Crippen MR) is 130 cm³/mol. The molecule has 0 aliphatic rings. The standard InChI is InChI=1S/C26H23FN2O4S/c1-26(2,29-25(31)15-11-12-21(32-3)22(13-15)33-4)24(30)20-10-6-9-19(28-20)17-14-34-23-16(17)7-5-8-18(23)27/h5-14H,1-4H3,(H,29,31). The van der Waals surface area contributed by atoms with E-state index in [1.807, 2.05) is 11.4 Å². The van der Waals surface area contributed by atoms with E-state index in [1.54, 1.807) is 56.3 Å². The van der Waals surface area contributed by atoms with E-state index in [9.17, 15) is 14.0 Å². The first kappa shape index (κ1) is 23.4. The number of carbonyl (C=O) groups is 2. The van der Waals surface area contributed by atoms with E-state index < -0.39 is 11.4 Å². The molecular weight excluding hydrogens is 455 g/mol. The summed E-state index contributed by atoms with van der Waals surface area (Å²) >= 11 is 1.29. The van der Waals surface area contributed by atoms with Gasteiger partial charge in [0.15, 0.2) is 11.5 Å². The highest BCUT2D eigenvalue weighted by atomic mass is 32.1. The number of nitrogens with one attached hydrogen (secondary N) is 1. The Morgan fingerprint density at radius 3 is 2.47 bits per heavy atom. The van der Waals surface area contributed by atoms with Gasteiger partial charge in [0.25, 0.3) is 5.91 Å². The molecule has 1 amide bonds. The number of carbonyl (C=O) groups excluding carboxylic acids is 2. The van der Waals surface area contributed by atoms with Gasteiger partial charge in [-0.3, -0.25) is 9.59 Å². The number of benzene rings is 2. The van der Waals surface area contributed by atoms with Crippen molar-refractivity contribution >= 4 is 33.1 Å². The number of fused-ring (bicyclic) bond motifs is 1. The van der Waals surface area contributed by atoms with E-state index in [1.165, 1.54) is 31.6 Å². The van der Waals surface area contributed by atoms with Gasteiger partial charge in [-0.15, -0.1) is 11.3 Å². The largest absolute Gasteiger partial charge is 0.493 e. The van der Waals surface area contributed by atoms with Crippen molar-refractivity contribution in [1.29, 1.82) is 0 Å². The van der Waals surface area contributed by atoms with Crippen LogP contribution >= 0.6 is 11.3 Å². The fourth-order valence-electron chi connectivity index (χ4n) is 3.64. The number of pyridine rings is 1. The van der Waals surface area contributed by atoms with Crippen molar-refractivity contribution in [3.63, 3.8) is 0 Å². The van der Waals surface area contributed by atoms with Crippen LogP contribution < -0.4 is 14.8 Å². The van der Waals surface area contributed by atoms with Crippen LogP contribution in [0.25, 0.3) is 21.3 Å². The van der Waals surface area contributed by atoms with E-state index in [2.05, 4.69) is 10.3 Å². The van der Waals surface area contributed by atoms with Gasteiger partial charge in [-0.1, -0.05) is 18.2 Å². The molecule has 0 aliphatic carbocycles. The van der Waals surface area contributed by atoms with Crippen LogP contribution in [0, 0.1) is 5.82 Å². The lowest BCUT2D eigenvalue weighted by Crippen LogP contribution is -2.50. The number of hydrogen-bond donors (Lipinski definition) is 1. The lowest BCUT2D eigenvalue weighted by atomic mass is 9.95. The summed E-state index contributed by atoms with van der Waals surface area (Å²) in [5, 5.41) is 5.35. The highest BCUT2D eigenvalue weighted by Crippen LogP contribution is 2.34. The summed E-state index contributed by atoms with van der Waals surface area (Å²) in [6.07, 6.45) is 0. The maximum Gasteiger partial charge on any atom is 0.252 e. The van der Waals surface area contributed by atoms with E-state index in [-0.39, 0.29) is 17.3 Å². The maximum atomic E-state index is 14.1. The number of rotatable bonds is 7. The number of ketones is 1. The number of amides is 1. The SMILES string of the molecule is COc1ccc(C(=O)NC(C)(C)C(=O)c2cccc(-c3csc4c(F)cccc34)n2)cc1OC. The molecule has 174 valence electrons. The summed E-state index contributed by atoms with van der Waals surface area (Å²) in [6, 6.07) is 14.8. The maximum absolute atomic E-state index is 14.1. The molecule has 34 heavy (non-hydrogen) atoms. The van der Waals surface area contributed by atoms with Crippen LogP contribution in [0.4, 0.5) is 4.39 Å². The topological polar surface area (TPSA) is 77.5 Å². The molecular formula is C26H23FN2O4S. The van der Waals surface area contributed by atoms with Crippen LogP contribution in [0.15, 0.2) is 60.0 Å². The highest BCUT2D eigenvalue weighted by molar-refractivity contribution is 7.17. The normalized spacial score (nSPS) is 11.3. The zero-order valence-electron chi connectivity index (χ0n) is 19.1. The minimum atomic E-state index is -1.24. The summed E-state index contributed by atoms with van der Waals surface area (Å²) in [5.74, 6) is -0.173. The second kappa shape index (κ2) is 9.23. The van der Waals surface area contributed by atoms with Gasteiger partial charge in [0.2, 0.25) is 5.78 Å². The third-order valence-corrected chi connectivity index (χ3v) is 6.45. The second-order valence-corrected chi connectivity index (χ2v) is 9.03. The van der Waals surface area contributed by atoms with Crippen LogP contribution in [-0.4, -0.2) is 36.4 Å². The van der Waals surface area contributed by atoms with Crippen molar-refractivity contribution < 1.29 is 23.5 Å². The first-order valence-corrected chi connectivity index (χ1v) is 11.4. The second-order valence-electron chi connectivity index (χ2n) is 8.15. The molecule has 2 aromatic heterocycles. The number of methoxy groups -OCH3 is 2. The van der Waals surface area contributed by atoms with Crippen molar-refractivity contribution in [1.82, 2.24) is 10.3 Å². The molecule has 0 saturated carbocycles. The molecule has 0 radical (unpaired) electrons. The van der Waals surface area contributed by atoms with E-state index in [4.69, 9.17) is 9.47 Å². The lowest BCUT2D eigenvalue weighted by Gasteiger charge is -2.25. The predicted octanol–water partition coefficient (Wildman–Crippen LogP) is 5.51. The van der Waals surface area contributed by atoms with Gasteiger partial charge in [0.05, 0.1) is 30.2 Å². The molecule has 0 saturated heterocycles. The number of Topliss-reactive ketones (excluding diaryl/α,β-unsaturated/α-hetero) is 1. The third kappa shape index (κ3) is 4.36. The van der Waals surface area contributed by atoms with Crippen molar-refractivity contribution in [2.24, 2.45) is 0 Å². The first-order chi connectivity index (χ1) is 16.2. The average Bonchev–Trinajstić information content (AvgIpc) is 3.28. The van der Waals surface area contributed by atoms with Crippen molar-refractivity contribution in [2.75, 3.05) is 14.2 Å². The summed E-state index contributed by atoms with van der Waals surface area (Å²) in [7, 11) is 2.99. The Labute approximate surface area is 200 Å². The minimum Gasteiger partial charge on any atom is -0.493 e. The Balaban J connectivity index is 1.60. The molecule has 4 rings (SSSR count). The number of thiophene rings is 1. The fraction of sp³-hybridized carbons (Fsp3) is 0.192. The Morgan fingerprint density at radius 2 is 1.74 bits per heavy atom. The summed E-state index contributed by atoms with van der Waals surface area (Å²) in [4.78, 5) is 30.7. The van der Waals surface area contributed by atoms with Gasteiger partial charge in [-0.05, 0) is 50.2 Å².